The Bertz CT molecular complexity index is 1260. The minimum Gasteiger partial charge on any atom is -0.494 e. The average Bonchev–Trinajstić information content (AvgIpc) is 2.78. The second-order valence-electron chi connectivity index (χ2n) is 7.33. The monoisotopic (exact) mass is 426 g/mol. The fourth-order valence-corrected chi connectivity index (χ4v) is 3.76. The third-order valence-corrected chi connectivity index (χ3v) is 5.27. The number of hydrogen-bond donors (Lipinski definition) is 1. The molecule has 32 heavy (non-hydrogen) atoms. The van der Waals surface area contributed by atoms with Gasteiger partial charge in [0.2, 0.25) is 5.88 Å². The van der Waals surface area contributed by atoms with Crippen molar-refractivity contribution >= 4 is 5.97 Å². The van der Waals surface area contributed by atoms with Crippen molar-refractivity contribution in [3.8, 4) is 23.3 Å². The van der Waals surface area contributed by atoms with Crippen LogP contribution in [0.3, 0.4) is 0 Å². The molecule has 1 heterocycles. The Labute approximate surface area is 186 Å². The summed E-state index contributed by atoms with van der Waals surface area (Å²) >= 11 is 0. The number of carbonyl (C=O) groups is 1. The predicted octanol–water partition coefficient (Wildman–Crippen LogP) is 4.83. The van der Waals surface area contributed by atoms with Crippen LogP contribution in [0.2, 0.25) is 0 Å². The zero-order chi connectivity index (χ0) is 22.7. The van der Waals surface area contributed by atoms with Crippen molar-refractivity contribution in [3.05, 3.63) is 100 Å². The van der Waals surface area contributed by atoms with E-state index < -0.39 is 11.9 Å². The fraction of sp³-hybridized carbons (Fsp3) is 0.154. The summed E-state index contributed by atoms with van der Waals surface area (Å²) in [5.41, 5.74) is 9.32. The molecule has 3 aromatic rings. The first-order chi connectivity index (χ1) is 15.5. The predicted molar refractivity (Wildman–Crippen MR) is 119 cm³/mol. The molecule has 1 aliphatic heterocycles. The summed E-state index contributed by atoms with van der Waals surface area (Å²) in [6, 6.07) is 22.0. The Morgan fingerprint density at radius 2 is 1.91 bits per heavy atom. The molecule has 160 valence electrons. The van der Waals surface area contributed by atoms with E-state index in [1.54, 1.807) is 30.3 Å². The molecule has 1 aliphatic rings. The number of nitriles is 1. The summed E-state index contributed by atoms with van der Waals surface area (Å²) in [6.45, 7) is 4.30. The van der Waals surface area contributed by atoms with Gasteiger partial charge >= 0.3 is 5.97 Å². The average molecular weight is 426 g/mol. The highest BCUT2D eigenvalue weighted by molar-refractivity contribution is 5.92. The maximum atomic E-state index is 12.6. The number of hydrogen-bond acceptors (Lipinski definition) is 6. The largest absolute Gasteiger partial charge is 0.494 e. The van der Waals surface area contributed by atoms with Crippen molar-refractivity contribution in [2.45, 2.75) is 19.8 Å². The number of esters is 1. The number of fused-ring (bicyclic) bond motifs is 1. The molecule has 0 amide bonds. The summed E-state index contributed by atoms with van der Waals surface area (Å²) in [5.74, 6) is 0.605. The van der Waals surface area contributed by atoms with Crippen molar-refractivity contribution in [1.82, 2.24) is 0 Å². The third-order valence-electron chi connectivity index (χ3n) is 5.27. The lowest BCUT2D eigenvalue weighted by molar-refractivity contribution is 0.0733. The zero-order valence-corrected chi connectivity index (χ0v) is 17.8. The van der Waals surface area contributed by atoms with Gasteiger partial charge in [-0.2, -0.15) is 5.26 Å². The normalized spacial score (nSPS) is 14.7. The van der Waals surface area contributed by atoms with E-state index in [0.717, 1.165) is 16.7 Å². The Kier molecular flexibility index (Phi) is 5.82. The van der Waals surface area contributed by atoms with Crippen LogP contribution < -0.4 is 19.9 Å². The number of benzene rings is 3. The van der Waals surface area contributed by atoms with E-state index in [1.165, 1.54) is 0 Å². The second kappa shape index (κ2) is 8.86. The maximum Gasteiger partial charge on any atom is 0.343 e. The molecule has 0 bridgehead atoms. The highest BCUT2D eigenvalue weighted by atomic mass is 16.5. The van der Waals surface area contributed by atoms with Crippen LogP contribution in [-0.2, 0) is 0 Å². The van der Waals surface area contributed by atoms with E-state index in [2.05, 4.69) is 6.07 Å². The van der Waals surface area contributed by atoms with Crippen LogP contribution in [-0.4, -0.2) is 12.6 Å². The highest BCUT2D eigenvalue weighted by Crippen LogP contribution is 2.44. The Morgan fingerprint density at radius 1 is 1.09 bits per heavy atom. The van der Waals surface area contributed by atoms with Gasteiger partial charge in [0.1, 0.15) is 28.9 Å². The van der Waals surface area contributed by atoms with E-state index in [1.807, 2.05) is 50.2 Å². The lowest BCUT2D eigenvalue weighted by Gasteiger charge is -2.27. The van der Waals surface area contributed by atoms with Gasteiger partial charge < -0.3 is 19.9 Å². The molecule has 0 radical (unpaired) electrons. The van der Waals surface area contributed by atoms with Crippen LogP contribution in [0.25, 0.3) is 0 Å². The number of carbonyl (C=O) groups excluding carboxylic acids is 1. The van der Waals surface area contributed by atoms with Gasteiger partial charge in [0.05, 0.1) is 18.1 Å². The van der Waals surface area contributed by atoms with E-state index in [9.17, 15) is 10.1 Å². The van der Waals surface area contributed by atoms with Gasteiger partial charge in [-0.1, -0.05) is 36.4 Å². The lowest BCUT2D eigenvalue weighted by Crippen LogP contribution is -2.21. The fourth-order valence-electron chi connectivity index (χ4n) is 3.76. The summed E-state index contributed by atoms with van der Waals surface area (Å²) < 4.78 is 16.9. The maximum absolute atomic E-state index is 12.6. The number of allylic oxidation sites excluding steroid dienone is 1. The van der Waals surface area contributed by atoms with Gasteiger partial charge in [0, 0.05) is 11.6 Å². The summed E-state index contributed by atoms with van der Waals surface area (Å²) in [7, 11) is 0. The van der Waals surface area contributed by atoms with E-state index >= 15 is 0 Å². The minimum atomic E-state index is -0.457. The molecule has 0 aliphatic carbocycles. The van der Waals surface area contributed by atoms with Crippen LogP contribution in [0.1, 0.15) is 39.9 Å². The number of ether oxygens (including phenoxy) is 3. The van der Waals surface area contributed by atoms with Gasteiger partial charge in [-0.25, -0.2) is 4.79 Å². The van der Waals surface area contributed by atoms with Gasteiger partial charge in [-0.15, -0.1) is 0 Å². The number of nitrogens with zero attached hydrogens (tertiary/aromatic N) is 1. The van der Waals surface area contributed by atoms with Crippen LogP contribution in [0.5, 0.6) is 17.2 Å². The summed E-state index contributed by atoms with van der Waals surface area (Å²) in [4.78, 5) is 12.6. The van der Waals surface area contributed by atoms with Crippen molar-refractivity contribution < 1.29 is 19.0 Å². The Balaban J connectivity index is 1.70. The number of rotatable bonds is 5. The van der Waals surface area contributed by atoms with Crippen LogP contribution >= 0.6 is 0 Å². The molecule has 6 heteroatoms. The van der Waals surface area contributed by atoms with Crippen molar-refractivity contribution in [2.75, 3.05) is 6.61 Å². The molecule has 1 atom stereocenters. The number of aryl methyl sites for hydroxylation is 1. The molecule has 0 saturated carbocycles. The number of nitrogens with two attached hydrogens (primary N) is 1. The standard InChI is InChI=1S/C26H22N2O4/c1-3-30-18-9-6-8-17(13-18)24-21-12-11-19(14-23(21)32-25(28)22(24)15-27)31-26(29)20-10-5-4-7-16(20)2/h4-14,24H,3,28H2,1-2H3. The molecule has 0 saturated heterocycles. The molecular weight excluding hydrogens is 404 g/mol. The molecular formula is C26H22N2O4. The van der Waals surface area contributed by atoms with Crippen molar-refractivity contribution in [1.29, 1.82) is 5.26 Å². The smallest absolute Gasteiger partial charge is 0.343 e. The Hall–Kier alpha value is -4.24. The second-order valence-corrected chi connectivity index (χ2v) is 7.33. The minimum absolute atomic E-state index is 0.0224. The lowest BCUT2D eigenvalue weighted by atomic mass is 9.83. The molecule has 0 aromatic heterocycles. The zero-order valence-electron chi connectivity index (χ0n) is 17.8. The molecule has 1 unspecified atom stereocenters. The molecule has 2 N–H and O–H groups in total. The first-order valence-corrected chi connectivity index (χ1v) is 10.2. The van der Waals surface area contributed by atoms with Crippen LogP contribution in [0.15, 0.2) is 78.2 Å². The molecule has 0 spiro atoms. The van der Waals surface area contributed by atoms with Crippen molar-refractivity contribution in [2.24, 2.45) is 5.73 Å². The van der Waals surface area contributed by atoms with Crippen molar-refractivity contribution in [3.63, 3.8) is 0 Å². The first kappa shape index (κ1) is 21.0. The van der Waals surface area contributed by atoms with E-state index in [0.29, 0.717) is 35.0 Å². The Morgan fingerprint density at radius 3 is 2.66 bits per heavy atom. The molecule has 3 aromatic carbocycles. The van der Waals surface area contributed by atoms with Crippen LogP contribution in [0, 0.1) is 18.3 Å². The van der Waals surface area contributed by atoms with Gasteiger partial charge in [-0.3, -0.25) is 0 Å². The highest BCUT2D eigenvalue weighted by Gasteiger charge is 2.31. The van der Waals surface area contributed by atoms with E-state index in [4.69, 9.17) is 19.9 Å². The van der Waals surface area contributed by atoms with E-state index in [-0.39, 0.29) is 5.88 Å². The third kappa shape index (κ3) is 4.01. The molecule has 0 fully saturated rings. The SMILES string of the molecule is CCOc1cccc(C2C(C#N)=C(N)Oc3cc(OC(=O)c4ccccc4C)ccc32)c1. The summed E-state index contributed by atoms with van der Waals surface area (Å²) in [5, 5.41) is 9.75. The van der Waals surface area contributed by atoms with Crippen LogP contribution in [0.4, 0.5) is 0 Å². The van der Waals surface area contributed by atoms with Gasteiger partial charge in [0.25, 0.3) is 0 Å². The summed E-state index contributed by atoms with van der Waals surface area (Å²) in [6.07, 6.45) is 0. The first-order valence-electron chi connectivity index (χ1n) is 10.2. The van der Waals surface area contributed by atoms with Gasteiger partial charge in [0.15, 0.2) is 0 Å². The van der Waals surface area contributed by atoms with Gasteiger partial charge in [-0.05, 0) is 49.2 Å². The topological polar surface area (TPSA) is 94.6 Å². The molecule has 4 rings (SSSR count). The quantitative estimate of drug-likeness (QED) is 0.464. The molecule has 6 nitrogen and oxygen atoms in total.